The number of hydrogen-bond donors (Lipinski definition) is 1. The lowest BCUT2D eigenvalue weighted by atomic mass is 9.80. The van der Waals surface area contributed by atoms with Crippen LogP contribution in [0.1, 0.15) is 31.2 Å². The van der Waals surface area contributed by atoms with Gasteiger partial charge in [-0.25, -0.2) is 0 Å². The molecule has 0 aromatic heterocycles. The molecule has 27 heavy (non-hydrogen) atoms. The number of hydrazone groups is 1. The summed E-state index contributed by atoms with van der Waals surface area (Å²) in [4.78, 5) is 12.7. The molecular weight excluding hydrogens is 365 g/mol. The summed E-state index contributed by atoms with van der Waals surface area (Å²) in [6, 6.07) is 4.63. The normalized spacial score (nSPS) is 25.0. The van der Waals surface area contributed by atoms with Gasteiger partial charge in [0, 0.05) is 5.71 Å². The number of amides is 1. The Morgan fingerprint density at radius 3 is 2.63 bits per heavy atom. The summed E-state index contributed by atoms with van der Waals surface area (Å²) in [5.41, 5.74) is -2.63. The zero-order valence-electron chi connectivity index (χ0n) is 15.0. The van der Waals surface area contributed by atoms with Crippen LogP contribution < -0.4 is 9.47 Å². The summed E-state index contributed by atoms with van der Waals surface area (Å²) in [7, 11) is 2.87. The van der Waals surface area contributed by atoms with Crippen LogP contribution in [-0.4, -0.2) is 47.9 Å². The van der Waals surface area contributed by atoms with Crippen LogP contribution in [0.25, 0.3) is 0 Å². The number of carbonyl (C=O) groups is 1. The van der Waals surface area contributed by atoms with Crippen LogP contribution in [0.15, 0.2) is 23.3 Å². The third-order valence-corrected chi connectivity index (χ3v) is 5.07. The predicted molar refractivity (Wildman–Crippen MR) is 90.5 cm³/mol. The highest BCUT2D eigenvalue weighted by molar-refractivity contribution is 5.93. The molecule has 1 saturated carbocycles. The Bertz CT molecular complexity index is 765. The maximum absolute atomic E-state index is 13.7. The van der Waals surface area contributed by atoms with Gasteiger partial charge < -0.3 is 14.6 Å². The van der Waals surface area contributed by atoms with E-state index >= 15 is 0 Å². The van der Waals surface area contributed by atoms with E-state index in [1.54, 1.807) is 12.1 Å². The van der Waals surface area contributed by atoms with E-state index in [2.05, 4.69) is 5.10 Å². The first-order valence-corrected chi connectivity index (χ1v) is 8.62. The Balaban J connectivity index is 1.89. The SMILES string of the molecule is COc1ccc(CC(=O)N2N=C3CCCC[C@H]3[C@]2(O)C(F)(F)F)cc1OC. The number of carbonyl (C=O) groups excluding carboxylic acids is 1. The number of methoxy groups -OCH3 is 2. The van der Waals surface area contributed by atoms with Crippen molar-refractivity contribution >= 4 is 11.6 Å². The molecule has 1 aliphatic heterocycles. The summed E-state index contributed by atoms with van der Waals surface area (Å²) in [6.07, 6.45) is -3.62. The number of benzene rings is 1. The predicted octanol–water partition coefficient (Wildman–Crippen LogP) is 2.89. The second-order valence-corrected chi connectivity index (χ2v) is 6.69. The van der Waals surface area contributed by atoms with E-state index in [1.165, 1.54) is 20.3 Å². The maximum atomic E-state index is 13.7. The number of aliphatic hydroxyl groups is 1. The second kappa shape index (κ2) is 7.03. The number of hydrogen-bond acceptors (Lipinski definition) is 5. The standard InChI is InChI=1S/C18H21F3N2O4/c1-26-14-8-7-11(9-15(14)27-2)10-16(24)23-17(25,18(19,20)21)12-5-3-4-6-13(12)22-23/h7-9,12,25H,3-6,10H2,1-2H3/t12-,17+/m1/s1. The average Bonchev–Trinajstić information content (AvgIpc) is 2.96. The van der Waals surface area contributed by atoms with Crippen molar-refractivity contribution in [1.82, 2.24) is 5.01 Å². The smallest absolute Gasteiger partial charge is 0.439 e. The Morgan fingerprint density at radius 1 is 1.30 bits per heavy atom. The Kier molecular flexibility index (Phi) is 5.07. The van der Waals surface area contributed by atoms with Crippen LogP contribution in [-0.2, 0) is 11.2 Å². The number of alkyl halides is 3. The second-order valence-electron chi connectivity index (χ2n) is 6.69. The van der Waals surface area contributed by atoms with E-state index in [1.807, 2.05) is 0 Å². The van der Waals surface area contributed by atoms with Gasteiger partial charge in [-0.15, -0.1) is 0 Å². The largest absolute Gasteiger partial charge is 0.493 e. The van der Waals surface area contributed by atoms with Gasteiger partial charge in [0.1, 0.15) is 0 Å². The molecule has 6 nitrogen and oxygen atoms in total. The van der Waals surface area contributed by atoms with Crippen molar-refractivity contribution in [3.63, 3.8) is 0 Å². The first kappa shape index (κ1) is 19.5. The number of fused-ring (bicyclic) bond motifs is 1. The zero-order chi connectivity index (χ0) is 19.8. The fourth-order valence-corrected chi connectivity index (χ4v) is 3.70. The Labute approximate surface area is 154 Å². The third kappa shape index (κ3) is 3.24. The molecule has 9 heteroatoms. The minimum Gasteiger partial charge on any atom is -0.493 e. The number of rotatable bonds is 4. The highest BCUT2D eigenvalue weighted by atomic mass is 19.4. The topological polar surface area (TPSA) is 71.4 Å². The maximum Gasteiger partial charge on any atom is 0.439 e. The molecular formula is C18H21F3N2O4. The summed E-state index contributed by atoms with van der Waals surface area (Å²) in [5, 5.41) is 14.6. The van der Waals surface area contributed by atoms with E-state index < -0.39 is 23.7 Å². The molecule has 1 aliphatic carbocycles. The Morgan fingerprint density at radius 2 is 2.00 bits per heavy atom. The van der Waals surface area contributed by atoms with Crippen molar-refractivity contribution in [3.05, 3.63) is 23.8 Å². The number of nitrogens with zero attached hydrogens (tertiary/aromatic N) is 2. The van der Waals surface area contributed by atoms with Gasteiger partial charge in [-0.05, 0) is 37.0 Å². The molecule has 1 fully saturated rings. The summed E-state index contributed by atoms with van der Waals surface area (Å²) in [6.45, 7) is 0. The van der Waals surface area contributed by atoms with E-state index in [0.29, 0.717) is 36.3 Å². The monoisotopic (exact) mass is 386 g/mol. The van der Waals surface area contributed by atoms with E-state index in [4.69, 9.17) is 9.47 Å². The van der Waals surface area contributed by atoms with Gasteiger partial charge in [-0.1, -0.05) is 12.5 Å². The van der Waals surface area contributed by atoms with Gasteiger partial charge in [0.2, 0.25) is 5.91 Å². The molecule has 0 unspecified atom stereocenters. The van der Waals surface area contributed by atoms with Crippen molar-refractivity contribution in [3.8, 4) is 11.5 Å². The molecule has 1 aromatic carbocycles. The van der Waals surface area contributed by atoms with Crippen molar-refractivity contribution < 1.29 is 32.5 Å². The van der Waals surface area contributed by atoms with Gasteiger partial charge in [-0.3, -0.25) is 4.79 Å². The zero-order valence-corrected chi connectivity index (χ0v) is 15.0. The molecule has 0 bridgehead atoms. The molecule has 2 atom stereocenters. The van der Waals surface area contributed by atoms with Crippen LogP contribution in [0.3, 0.4) is 0 Å². The van der Waals surface area contributed by atoms with Gasteiger partial charge in [-0.2, -0.15) is 23.3 Å². The van der Waals surface area contributed by atoms with Gasteiger partial charge in [0.05, 0.1) is 26.6 Å². The lowest BCUT2D eigenvalue weighted by molar-refractivity contribution is -0.317. The van der Waals surface area contributed by atoms with Crippen LogP contribution in [0.4, 0.5) is 13.2 Å². The molecule has 148 valence electrons. The van der Waals surface area contributed by atoms with E-state index in [-0.39, 0.29) is 23.6 Å². The summed E-state index contributed by atoms with van der Waals surface area (Å²) >= 11 is 0. The van der Waals surface area contributed by atoms with Crippen molar-refractivity contribution in [2.24, 2.45) is 11.0 Å². The average molecular weight is 386 g/mol. The first-order valence-electron chi connectivity index (χ1n) is 8.62. The van der Waals surface area contributed by atoms with Crippen LogP contribution in [0.5, 0.6) is 11.5 Å². The lowest BCUT2D eigenvalue weighted by Gasteiger charge is -2.38. The quantitative estimate of drug-likeness (QED) is 0.864. The lowest BCUT2D eigenvalue weighted by Crippen LogP contribution is -2.61. The molecule has 3 rings (SSSR count). The van der Waals surface area contributed by atoms with Gasteiger partial charge in [0.15, 0.2) is 11.5 Å². The number of halogens is 3. The molecule has 0 spiro atoms. The fourth-order valence-electron chi connectivity index (χ4n) is 3.70. The van der Waals surface area contributed by atoms with Crippen LogP contribution >= 0.6 is 0 Å². The minimum absolute atomic E-state index is 0.148. The van der Waals surface area contributed by atoms with Crippen molar-refractivity contribution in [2.75, 3.05) is 14.2 Å². The van der Waals surface area contributed by atoms with E-state index in [9.17, 15) is 23.1 Å². The molecule has 0 saturated heterocycles. The minimum atomic E-state index is -5.01. The molecule has 1 heterocycles. The van der Waals surface area contributed by atoms with Gasteiger partial charge in [0.25, 0.3) is 5.72 Å². The van der Waals surface area contributed by atoms with Gasteiger partial charge >= 0.3 is 6.18 Å². The number of ether oxygens (including phenoxy) is 2. The van der Waals surface area contributed by atoms with Crippen LogP contribution in [0.2, 0.25) is 0 Å². The highest BCUT2D eigenvalue weighted by Crippen LogP contribution is 2.48. The molecule has 0 radical (unpaired) electrons. The summed E-state index contributed by atoms with van der Waals surface area (Å²) < 4.78 is 51.4. The van der Waals surface area contributed by atoms with Crippen molar-refractivity contribution in [2.45, 2.75) is 44.0 Å². The first-order chi connectivity index (χ1) is 12.7. The van der Waals surface area contributed by atoms with E-state index in [0.717, 1.165) is 0 Å². The summed E-state index contributed by atoms with van der Waals surface area (Å²) in [5.74, 6) is -1.34. The fraction of sp³-hybridized carbons (Fsp3) is 0.556. The van der Waals surface area contributed by atoms with Crippen molar-refractivity contribution in [1.29, 1.82) is 0 Å². The molecule has 1 aromatic rings. The molecule has 2 aliphatic rings. The Hall–Kier alpha value is -2.29. The molecule has 1 amide bonds. The third-order valence-electron chi connectivity index (χ3n) is 5.07. The highest BCUT2D eigenvalue weighted by Gasteiger charge is 2.68. The molecule has 1 N–H and O–H groups in total. The van der Waals surface area contributed by atoms with Crippen LogP contribution in [0, 0.1) is 5.92 Å².